The smallest absolute Gasteiger partial charge is 0.258 e. The summed E-state index contributed by atoms with van der Waals surface area (Å²) in [5, 5.41) is 34.7. The lowest BCUT2D eigenvalue weighted by molar-refractivity contribution is 0.430. The van der Waals surface area contributed by atoms with Crippen LogP contribution in [0.5, 0.6) is 17.2 Å². The van der Waals surface area contributed by atoms with Crippen LogP contribution in [0, 0.1) is 11.6 Å². The summed E-state index contributed by atoms with van der Waals surface area (Å²) in [7, 11) is 0. The highest BCUT2D eigenvalue weighted by Crippen LogP contribution is 2.48. The molecule has 4 aromatic rings. The quantitative estimate of drug-likeness (QED) is 0.334. The molecule has 0 unspecified atom stereocenters. The van der Waals surface area contributed by atoms with Crippen molar-refractivity contribution in [1.82, 2.24) is 4.57 Å². The standard InChI is InChI=1S/C29H27F2NO4/c1-13-3-5-15-9-17(30)11-21-24(15)23(13)28(35)19(26(21)33)7-8-20-27(34)22-12-18(31)10-16-6-4-14(2)32(25(16)22)29(20)36/h9-14,33-35H,3-8H2,1-2H3/t13-,14-/m0/s1. The predicted molar refractivity (Wildman–Crippen MR) is 134 cm³/mol. The number of aryl methyl sites for hydroxylation is 2. The third-order valence-electron chi connectivity index (χ3n) is 8.19. The van der Waals surface area contributed by atoms with Crippen LogP contribution < -0.4 is 5.56 Å². The van der Waals surface area contributed by atoms with Crippen molar-refractivity contribution in [3.63, 3.8) is 0 Å². The molecule has 0 amide bonds. The van der Waals surface area contributed by atoms with E-state index in [4.69, 9.17) is 0 Å². The van der Waals surface area contributed by atoms with Gasteiger partial charge in [-0.1, -0.05) is 6.92 Å². The van der Waals surface area contributed by atoms with Crippen LogP contribution in [0.15, 0.2) is 29.1 Å². The maximum Gasteiger partial charge on any atom is 0.258 e. The summed E-state index contributed by atoms with van der Waals surface area (Å²) >= 11 is 0. The van der Waals surface area contributed by atoms with Crippen molar-refractivity contribution in [3.05, 3.63) is 74.1 Å². The van der Waals surface area contributed by atoms with Gasteiger partial charge in [-0.05, 0) is 92.1 Å². The number of aromatic nitrogens is 1. The number of phenolic OH excluding ortho intramolecular Hbond substituents is 2. The molecule has 1 aliphatic heterocycles. The molecule has 2 aliphatic rings. The van der Waals surface area contributed by atoms with Crippen LogP contribution in [0.1, 0.15) is 66.5 Å². The van der Waals surface area contributed by atoms with Crippen molar-refractivity contribution < 1.29 is 24.1 Å². The van der Waals surface area contributed by atoms with Crippen LogP contribution in [0.25, 0.3) is 21.7 Å². The summed E-state index contributed by atoms with van der Waals surface area (Å²) in [6, 6.07) is 5.26. The van der Waals surface area contributed by atoms with Crippen LogP contribution in [-0.4, -0.2) is 19.9 Å². The number of pyridine rings is 1. The van der Waals surface area contributed by atoms with Gasteiger partial charge in [0.2, 0.25) is 0 Å². The largest absolute Gasteiger partial charge is 0.507 e. The fourth-order valence-corrected chi connectivity index (χ4v) is 6.37. The predicted octanol–water partition coefficient (Wildman–Crippen LogP) is 5.89. The monoisotopic (exact) mass is 491 g/mol. The molecular weight excluding hydrogens is 464 g/mol. The second kappa shape index (κ2) is 7.95. The Balaban J connectivity index is 1.52. The molecule has 2 atom stereocenters. The van der Waals surface area contributed by atoms with Crippen LogP contribution >= 0.6 is 0 Å². The van der Waals surface area contributed by atoms with E-state index in [2.05, 4.69) is 0 Å². The van der Waals surface area contributed by atoms with Gasteiger partial charge in [-0.25, -0.2) is 8.78 Å². The minimum Gasteiger partial charge on any atom is -0.507 e. The SMILES string of the molecule is C[C@H]1CCc2cc(F)cc3c(O)c(CCc4c(O)c5cc(F)cc6c5n(c4=O)[C@@H](C)CC6)c(O)c1c23. The van der Waals surface area contributed by atoms with Gasteiger partial charge in [0.1, 0.15) is 28.9 Å². The van der Waals surface area contributed by atoms with Gasteiger partial charge in [0.15, 0.2) is 0 Å². The van der Waals surface area contributed by atoms with Crippen LogP contribution in [0.3, 0.4) is 0 Å². The van der Waals surface area contributed by atoms with Crippen molar-refractivity contribution in [2.75, 3.05) is 0 Å². The number of benzene rings is 3. The summed E-state index contributed by atoms with van der Waals surface area (Å²) in [4.78, 5) is 13.5. The summed E-state index contributed by atoms with van der Waals surface area (Å²) in [6.07, 6.45) is 2.75. The average molecular weight is 492 g/mol. The first-order valence-corrected chi connectivity index (χ1v) is 12.4. The zero-order chi connectivity index (χ0) is 25.5. The number of hydrogen-bond donors (Lipinski definition) is 3. The van der Waals surface area contributed by atoms with Crippen LogP contribution in [0.4, 0.5) is 8.78 Å². The number of hydrogen-bond acceptors (Lipinski definition) is 4. The lowest BCUT2D eigenvalue weighted by Gasteiger charge is -2.27. The van der Waals surface area contributed by atoms with Gasteiger partial charge in [-0.3, -0.25) is 4.79 Å². The molecule has 0 saturated heterocycles. The maximum absolute atomic E-state index is 14.4. The molecule has 6 rings (SSSR count). The van der Waals surface area contributed by atoms with Crippen molar-refractivity contribution in [2.45, 2.75) is 64.3 Å². The van der Waals surface area contributed by atoms with E-state index in [0.717, 1.165) is 12.0 Å². The van der Waals surface area contributed by atoms with Gasteiger partial charge in [0, 0.05) is 27.9 Å². The third-order valence-corrected chi connectivity index (χ3v) is 8.19. The minimum absolute atomic E-state index is 0.0104. The second-order valence-corrected chi connectivity index (χ2v) is 10.4. The van der Waals surface area contributed by atoms with Gasteiger partial charge >= 0.3 is 0 Å². The molecule has 2 heterocycles. The highest BCUT2D eigenvalue weighted by atomic mass is 19.1. The van der Waals surface area contributed by atoms with Gasteiger partial charge < -0.3 is 19.9 Å². The van der Waals surface area contributed by atoms with E-state index in [1.54, 1.807) is 4.57 Å². The molecule has 36 heavy (non-hydrogen) atoms. The molecule has 0 fully saturated rings. The van der Waals surface area contributed by atoms with E-state index in [1.807, 2.05) is 13.8 Å². The van der Waals surface area contributed by atoms with E-state index in [1.165, 1.54) is 24.3 Å². The first-order valence-electron chi connectivity index (χ1n) is 12.4. The molecule has 3 aromatic carbocycles. The van der Waals surface area contributed by atoms with Crippen molar-refractivity contribution in [1.29, 1.82) is 0 Å². The summed E-state index contributed by atoms with van der Waals surface area (Å²) < 4.78 is 30.3. The average Bonchev–Trinajstić information content (AvgIpc) is 2.83. The molecule has 0 radical (unpaired) electrons. The van der Waals surface area contributed by atoms with Gasteiger partial charge in [-0.15, -0.1) is 0 Å². The van der Waals surface area contributed by atoms with Gasteiger partial charge in [0.25, 0.3) is 5.56 Å². The van der Waals surface area contributed by atoms with Gasteiger partial charge in [0.05, 0.1) is 11.1 Å². The lowest BCUT2D eigenvalue weighted by Crippen LogP contribution is -2.30. The first kappa shape index (κ1) is 22.8. The van der Waals surface area contributed by atoms with Crippen molar-refractivity contribution >= 4 is 21.7 Å². The minimum atomic E-state index is -0.478. The molecule has 1 aromatic heterocycles. The summed E-state index contributed by atoms with van der Waals surface area (Å²) in [6.45, 7) is 3.91. The number of phenols is 2. The Labute approximate surface area is 206 Å². The molecule has 1 aliphatic carbocycles. The maximum atomic E-state index is 14.4. The van der Waals surface area contributed by atoms with Crippen LogP contribution in [0.2, 0.25) is 0 Å². The number of rotatable bonds is 3. The Morgan fingerprint density at radius 2 is 1.44 bits per heavy atom. The van der Waals surface area contributed by atoms with Crippen molar-refractivity contribution in [2.24, 2.45) is 0 Å². The Morgan fingerprint density at radius 3 is 2.19 bits per heavy atom. The number of nitrogens with zero attached hydrogens (tertiary/aromatic N) is 1. The Kier molecular flexibility index (Phi) is 5.04. The molecule has 0 saturated carbocycles. The summed E-state index contributed by atoms with van der Waals surface area (Å²) in [5.41, 5.74) is 2.64. The zero-order valence-electron chi connectivity index (χ0n) is 20.2. The van der Waals surface area contributed by atoms with E-state index in [-0.39, 0.29) is 64.1 Å². The van der Waals surface area contributed by atoms with E-state index in [0.29, 0.717) is 46.7 Å². The molecule has 0 bridgehead atoms. The molecule has 7 heteroatoms. The fraction of sp³-hybridized carbons (Fsp3) is 0.345. The Bertz CT molecular complexity index is 1660. The topological polar surface area (TPSA) is 82.7 Å². The second-order valence-electron chi connectivity index (χ2n) is 10.4. The van der Waals surface area contributed by atoms with E-state index in [9.17, 15) is 28.9 Å². The number of aromatic hydroxyl groups is 3. The van der Waals surface area contributed by atoms with Gasteiger partial charge in [-0.2, -0.15) is 0 Å². The molecule has 5 nitrogen and oxygen atoms in total. The molecular formula is C29H27F2NO4. The van der Waals surface area contributed by atoms with Crippen molar-refractivity contribution in [3.8, 4) is 17.2 Å². The fourth-order valence-electron chi connectivity index (χ4n) is 6.37. The zero-order valence-corrected chi connectivity index (χ0v) is 20.2. The normalized spacial score (nSPS) is 18.8. The van der Waals surface area contributed by atoms with E-state index < -0.39 is 11.6 Å². The lowest BCUT2D eigenvalue weighted by atomic mass is 9.79. The first-order chi connectivity index (χ1) is 17.2. The summed E-state index contributed by atoms with van der Waals surface area (Å²) in [5.74, 6) is -1.47. The highest BCUT2D eigenvalue weighted by molar-refractivity contribution is 5.98. The highest BCUT2D eigenvalue weighted by Gasteiger charge is 2.29. The Morgan fingerprint density at radius 1 is 0.833 bits per heavy atom. The third kappa shape index (κ3) is 3.14. The van der Waals surface area contributed by atoms with Crippen LogP contribution in [-0.2, 0) is 25.7 Å². The molecule has 0 spiro atoms. The molecule has 186 valence electrons. The number of halogens is 2. The van der Waals surface area contributed by atoms with E-state index >= 15 is 0 Å². The molecule has 3 N–H and O–H groups in total. The Hall–Kier alpha value is -3.61.